The van der Waals surface area contributed by atoms with Crippen LogP contribution in [0.1, 0.15) is 29.7 Å². The molecule has 0 bridgehead atoms. The number of nitrogens with zero attached hydrogens (tertiary/aromatic N) is 3. The van der Waals surface area contributed by atoms with E-state index < -0.39 is 6.10 Å². The van der Waals surface area contributed by atoms with Gasteiger partial charge in [-0.1, -0.05) is 66.7 Å². The zero-order valence-electron chi connectivity index (χ0n) is 21.6. The SMILES string of the molecule is C=CCC[C@@H](O)CN(Cc1ccccc1)Cc1c(C)nn(-c2ccccc2)c1Oc1ccccc1OC. The van der Waals surface area contributed by atoms with Crippen LogP contribution >= 0.6 is 0 Å². The second-order valence-corrected chi connectivity index (χ2v) is 9.04. The minimum atomic E-state index is -0.468. The van der Waals surface area contributed by atoms with Gasteiger partial charge in [0.2, 0.25) is 5.88 Å². The van der Waals surface area contributed by atoms with Crippen molar-refractivity contribution in [2.75, 3.05) is 13.7 Å². The molecule has 1 heterocycles. The van der Waals surface area contributed by atoms with Crippen molar-refractivity contribution in [2.24, 2.45) is 0 Å². The molecular formula is C31H35N3O3. The van der Waals surface area contributed by atoms with Gasteiger partial charge < -0.3 is 14.6 Å². The summed E-state index contributed by atoms with van der Waals surface area (Å²) in [6.45, 7) is 7.56. The molecule has 1 N–H and O–H groups in total. The van der Waals surface area contributed by atoms with E-state index in [0.29, 0.717) is 43.4 Å². The number of hydrogen-bond acceptors (Lipinski definition) is 5. The number of aromatic nitrogens is 2. The van der Waals surface area contributed by atoms with Gasteiger partial charge in [-0.2, -0.15) is 5.10 Å². The van der Waals surface area contributed by atoms with Crippen LogP contribution < -0.4 is 9.47 Å². The molecule has 0 aliphatic carbocycles. The molecule has 0 aliphatic heterocycles. The Kier molecular flexibility index (Phi) is 9.13. The molecule has 0 saturated carbocycles. The van der Waals surface area contributed by atoms with Gasteiger partial charge in [-0.25, -0.2) is 4.68 Å². The predicted octanol–water partition coefficient (Wildman–Crippen LogP) is 6.31. The van der Waals surface area contributed by atoms with Crippen LogP contribution in [0.3, 0.4) is 0 Å². The van der Waals surface area contributed by atoms with Crippen molar-refractivity contribution in [2.45, 2.75) is 39.0 Å². The Morgan fingerprint density at radius 2 is 1.59 bits per heavy atom. The second kappa shape index (κ2) is 12.9. The second-order valence-electron chi connectivity index (χ2n) is 9.04. The number of allylic oxidation sites excluding steroid dienone is 1. The number of rotatable bonds is 13. The molecule has 0 amide bonds. The van der Waals surface area contributed by atoms with Crippen LogP contribution in [-0.4, -0.2) is 39.5 Å². The monoisotopic (exact) mass is 497 g/mol. The molecule has 6 heteroatoms. The molecule has 192 valence electrons. The highest BCUT2D eigenvalue weighted by molar-refractivity contribution is 5.47. The maximum absolute atomic E-state index is 10.8. The molecule has 1 aromatic heterocycles. The van der Waals surface area contributed by atoms with Crippen LogP contribution in [0.2, 0.25) is 0 Å². The summed E-state index contributed by atoms with van der Waals surface area (Å²) < 4.78 is 13.9. The average molecular weight is 498 g/mol. The highest BCUT2D eigenvalue weighted by atomic mass is 16.5. The van der Waals surface area contributed by atoms with Gasteiger partial charge in [0.25, 0.3) is 0 Å². The number of ether oxygens (including phenoxy) is 2. The van der Waals surface area contributed by atoms with Crippen molar-refractivity contribution < 1.29 is 14.6 Å². The minimum Gasteiger partial charge on any atom is -0.493 e. The summed E-state index contributed by atoms with van der Waals surface area (Å²) >= 11 is 0. The third kappa shape index (κ3) is 6.88. The first kappa shape index (κ1) is 26.2. The largest absolute Gasteiger partial charge is 0.493 e. The molecule has 0 aliphatic rings. The van der Waals surface area contributed by atoms with Crippen molar-refractivity contribution in [1.29, 1.82) is 0 Å². The first-order valence-corrected chi connectivity index (χ1v) is 12.6. The molecule has 0 radical (unpaired) electrons. The zero-order valence-corrected chi connectivity index (χ0v) is 21.6. The lowest BCUT2D eigenvalue weighted by atomic mass is 10.1. The highest BCUT2D eigenvalue weighted by Gasteiger charge is 2.23. The number of hydrogen-bond donors (Lipinski definition) is 1. The van der Waals surface area contributed by atoms with Crippen molar-refractivity contribution in [3.05, 3.63) is 114 Å². The van der Waals surface area contributed by atoms with Crippen molar-refractivity contribution >= 4 is 0 Å². The molecule has 37 heavy (non-hydrogen) atoms. The van der Waals surface area contributed by atoms with Crippen LogP contribution in [0.25, 0.3) is 5.69 Å². The van der Waals surface area contributed by atoms with Gasteiger partial charge in [-0.15, -0.1) is 6.58 Å². The number of methoxy groups -OCH3 is 1. The number of para-hydroxylation sites is 3. The Labute approximate surface area is 219 Å². The molecule has 0 unspecified atom stereocenters. The van der Waals surface area contributed by atoms with Crippen molar-refractivity contribution in [1.82, 2.24) is 14.7 Å². The summed E-state index contributed by atoms with van der Waals surface area (Å²) in [6.07, 6.45) is 2.82. The number of benzene rings is 3. The van der Waals surface area contributed by atoms with E-state index in [9.17, 15) is 5.11 Å². The first-order valence-electron chi connectivity index (χ1n) is 12.6. The van der Waals surface area contributed by atoms with E-state index in [2.05, 4.69) is 23.6 Å². The summed E-state index contributed by atoms with van der Waals surface area (Å²) in [7, 11) is 1.63. The standard InChI is InChI=1S/C31H35N3O3/c1-4-5-18-27(35)22-33(21-25-14-8-6-9-15-25)23-28-24(2)32-34(26-16-10-7-11-17-26)31(28)37-30-20-13-12-19-29(30)36-3/h4,6-17,19-20,27,35H,1,5,18,21-23H2,2-3H3/t27-/m1/s1. The molecule has 0 fully saturated rings. The van der Waals surface area contributed by atoms with Gasteiger partial charge in [-0.05, 0) is 49.6 Å². The van der Waals surface area contributed by atoms with E-state index in [4.69, 9.17) is 14.6 Å². The fourth-order valence-corrected chi connectivity index (χ4v) is 4.33. The number of aliphatic hydroxyl groups excluding tert-OH is 1. The molecule has 4 aromatic rings. The van der Waals surface area contributed by atoms with Gasteiger partial charge in [0.15, 0.2) is 11.5 Å². The molecule has 1 atom stereocenters. The van der Waals surface area contributed by atoms with Gasteiger partial charge in [-0.3, -0.25) is 4.90 Å². The van der Waals surface area contributed by atoms with E-state index in [1.54, 1.807) is 7.11 Å². The number of aryl methyl sites for hydroxylation is 1. The first-order chi connectivity index (χ1) is 18.1. The van der Waals surface area contributed by atoms with E-state index in [1.165, 1.54) is 5.56 Å². The van der Waals surface area contributed by atoms with Crippen molar-refractivity contribution in [3.8, 4) is 23.1 Å². The normalized spacial score (nSPS) is 11.9. The van der Waals surface area contributed by atoms with Crippen molar-refractivity contribution in [3.63, 3.8) is 0 Å². The molecular weight excluding hydrogens is 462 g/mol. The lowest BCUT2D eigenvalue weighted by molar-refractivity contribution is 0.0978. The summed E-state index contributed by atoms with van der Waals surface area (Å²) in [5, 5.41) is 15.6. The molecule has 4 rings (SSSR count). The number of aliphatic hydroxyl groups is 1. The van der Waals surface area contributed by atoms with Gasteiger partial charge in [0.05, 0.1) is 30.2 Å². The summed E-state index contributed by atoms with van der Waals surface area (Å²) in [4.78, 5) is 2.25. The van der Waals surface area contributed by atoms with Crippen LogP contribution in [0.4, 0.5) is 0 Å². The Hall–Kier alpha value is -3.87. The third-order valence-electron chi connectivity index (χ3n) is 6.22. The summed E-state index contributed by atoms with van der Waals surface area (Å²) in [5.41, 5.74) is 3.91. The predicted molar refractivity (Wildman–Crippen MR) is 147 cm³/mol. The van der Waals surface area contributed by atoms with Gasteiger partial charge >= 0.3 is 0 Å². The van der Waals surface area contributed by atoms with Gasteiger partial charge in [0.1, 0.15) is 0 Å². The van der Waals surface area contributed by atoms with E-state index >= 15 is 0 Å². The summed E-state index contributed by atoms with van der Waals surface area (Å²) in [6, 6.07) is 27.9. The fraction of sp³-hybridized carbons (Fsp3) is 0.258. The van der Waals surface area contributed by atoms with E-state index in [1.807, 2.05) is 90.5 Å². The zero-order chi connectivity index (χ0) is 26.0. The molecule has 3 aromatic carbocycles. The highest BCUT2D eigenvalue weighted by Crippen LogP contribution is 2.36. The Bertz CT molecular complexity index is 1270. The molecule has 0 spiro atoms. The lowest BCUT2D eigenvalue weighted by Gasteiger charge is -2.25. The van der Waals surface area contributed by atoms with E-state index in [0.717, 1.165) is 23.4 Å². The third-order valence-corrected chi connectivity index (χ3v) is 6.22. The minimum absolute atomic E-state index is 0.468. The molecule has 0 saturated heterocycles. The maximum atomic E-state index is 10.8. The quantitative estimate of drug-likeness (QED) is 0.219. The Balaban J connectivity index is 1.72. The Morgan fingerprint density at radius 3 is 2.27 bits per heavy atom. The van der Waals surface area contributed by atoms with Gasteiger partial charge in [0, 0.05) is 19.6 Å². The topological polar surface area (TPSA) is 59.8 Å². The maximum Gasteiger partial charge on any atom is 0.227 e. The fourth-order valence-electron chi connectivity index (χ4n) is 4.33. The van der Waals surface area contributed by atoms with E-state index in [-0.39, 0.29) is 0 Å². The Morgan fingerprint density at radius 1 is 0.946 bits per heavy atom. The average Bonchev–Trinajstić information content (AvgIpc) is 3.23. The van der Waals surface area contributed by atoms with Crippen LogP contribution in [-0.2, 0) is 13.1 Å². The smallest absolute Gasteiger partial charge is 0.227 e. The van der Waals surface area contributed by atoms with Crippen LogP contribution in [0, 0.1) is 6.92 Å². The molecule has 6 nitrogen and oxygen atoms in total. The lowest BCUT2D eigenvalue weighted by Crippen LogP contribution is -2.32. The van der Waals surface area contributed by atoms with Crippen LogP contribution in [0.5, 0.6) is 17.4 Å². The van der Waals surface area contributed by atoms with Crippen LogP contribution in [0.15, 0.2) is 97.6 Å². The summed E-state index contributed by atoms with van der Waals surface area (Å²) in [5.74, 6) is 1.89.